The quantitative estimate of drug-likeness (QED) is 0.250. The molecule has 0 fully saturated rings. The van der Waals surface area contributed by atoms with Gasteiger partial charge in [-0.1, -0.05) is 23.2 Å². The van der Waals surface area contributed by atoms with Crippen molar-refractivity contribution in [3.8, 4) is 23.0 Å². The molecule has 0 unspecified atom stereocenters. The monoisotopic (exact) mass is 356 g/mol. The van der Waals surface area contributed by atoms with E-state index in [0.29, 0.717) is 0 Å². The van der Waals surface area contributed by atoms with Gasteiger partial charge in [-0.25, -0.2) is 5.43 Å². The standard InChI is InChI=1S/C14H10Cl2N2O5/c15-6-1-9(16)8(10(19)2-6)5-17-18-14(23)7-3-12(21)13(22)4-11(7)20/h1-5,19-22H,(H,18,23)/b17-5+. The third-order valence-corrected chi connectivity index (χ3v) is 3.30. The number of nitrogens with zero attached hydrogens (tertiary/aromatic N) is 1. The van der Waals surface area contributed by atoms with E-state index in [1.54, 1.807) is 0 Å². The molecule has 0 saturated heterocycles. The summed E-state index contributed by atoms with van der Waals surface area (Å²) in [6, 6.07) is 4.33. The fraction of sp³-hybridized carbons (Fsp3) is 0. The summed E-state index contributed by atoms with van der Waals surface area (Å²) >= 11 is 11.6. The van der Waals surface area contributed by atoms with Crippen LogP contribution in [0, 0.1) is 0 Å². The Morgan fingerprint density at radius 2 is 1.61 bits per heavy atom. The molecule has 23 heavy (non-hydrogen) atoms. The number of halogens is 2. The van der Waals surface area contributed by atoms with Gasteiger partial charge in [-0.3, -0.25) is 4.79 Å². The van der Waals surface area contributed by atoms with E-state index in [2.05, 4.69) is 10.5 Å². The lowest BCUT2D eigenvalue weighted by atomic mass is 10.1. The maximum atomic E-state index is 11.8. The van der Waals surface area contributed by atoms with Crippen molar-refractivity contribution in [2.45, 2.75) is 0 Å². The van der Waals surface area contributed by atoms with Gasteiger partial charge in [0.25, 0.3) is 5.91 Å². The Hall–Kier alpha value is -2.64. The summed E-state index contributed by atoms with van der Waals surface area (Å²) in [5, 5.41) is 41.7. The third-order valence-electron chi connectivity index (χ3n) is 2.77. The minimum atomic E-state index is -0.848. The van der Waals surface area contributed by atoms with Crippen LogP contribution in [0.1, 0.15) is 15.9 Å². The fourth-order valence-electron chi connectivity index (χ4n) is 1.66. The van der Waals surface area contributed by atoms with E-state index in [0.717, 1.165) is 18.3 Å². The summed E-state index contributed by atoms with van der Waals surface area (Å²) < 4.78 is 0. The highest BCUT2D eigenvalue weighted by Crippen LogP contribution is 2.32. The molecule has 0 atom stereocenters. The summed E-state index contributed by atoms with van der Waals surface area (Å²) in [6.07, 6.45) is 1.09. The predicted molar refractivity (Wildman–Crippen MR) is 84.6 cm³/mol. The first kappa shape index (κ1) is 16.7. The Balaban J connectivity index is 2.18. The topological polar surface area (TPSA) is 122 Å². The van der Waals surface area contributed by atoms with Gasteiger partial charge in [-0.2, -0.15) is 5.10 Å². The summed E-state index contributed by atoms with van der Waals surface area (Å²) in [5.74, 6) is -2.76. The van der Waals surface area contributed by atoms with Crippen LogP contribution in [-0.4, -0.2) is 32.5 Å². The molecule has 9 heteroatoms. The summed E-state index contributed by atoms with van der Waals surface area (Å²) in [6.45, 7) is 0. The molecule has 0 heterocycles. The predicted octanol–water partition coefficient (Wildman–Crippen LogP) is 2.58. The maximum absolute atomic E-state index is 11.8. The zero-order valence-electron chi connectivity index (χ0n) is 11.3. The van der Waals surface area contributed by atoms with Gasteiger partial charge in [-0.05, 0) is 12.1 Å². The first-order chi connectivity index (χ1) is 10.8. The number of phenols is 4. The largest absolute Gasteiger partial charge is 0.507 e. The first-order valence-electron chi connectivity index (χ1n) is 6.06. The normalized spacial score (nSPS) is 10.9. The number of rotatable bonds is 3. The molecule has 0 spiro atoms. The Labute approximate surface area is 140 Å². The van der Waals surface area contributed by atoms with Crippen molar-refractivity contribution in [3.63, 3.8) is 0 Å². The number of nitrogens with one attached hydrogen (secondary N) is 1. The van der Waals surface area contributed by atoms with Crippen LogP contribution in [0.4, 0.5) is 0 Å². The number of hydrogen-bond donors (Lipinski definition) is 5. The lowest BCUT2D eigenvalue weighted by molar-refractivity contribution is 0.0952. The van der Waals surface area contributed by atoms with Gasteiger partial charge in [0.15, 0.2) is 11.5 Å². The molecular formula is C14H10Cl2N2O5. The molecule has 120 valence electrons. The van der Waals surface area contributed by atoms with Gasteiger partial charge >= 0.3 is 0 Å². The number of carbonyl (C=O) groups is 1. The fourth-order valence-corrected chi connectivity index (χ4v) is 2.19. The van der Waals surface area contributed by atoms with E-state index >= 15 is 0 Å². The van der Waals surface area contributed by atoms with Crippen LogP contribution in [0.15, 0.2) is 29.4 Å². The van der Waals surface area contributed by atoms with Gasteiger partial charge in [0.2, 0.25) is 0 Å². The molecule has 2 rings (SSSR count). The molecule has 1 amide bonds. The number of phenolic OH excluding ortho intramolecular Hbond substituents is 4. The van der Waals surface area contributed by atoms with Crippen LogP contribution in [0.3, 0.4) is 0 Å². The second kappa shape index (κ2) is 6.64. The summed E-state index contributed by atoms with van der Waals surface area (Å²) in [7, 11) is 0. The number of aromatic hydroxyl groups is 4. The molecule has 0 aliphatic carbocycles. The van der Waals surface area contributed by atoms with Crippen molar-refractivity contribution < 1.29 is 25.2 Å². The van der Waals surface area contributed by atoms with Crippen molar-refractivity contribution in [3.05, 3.63) is 45.4 Å². The van der Waals surface area contributed by atoms with Crippen molar-refractivity contribution in [1.29, 1.82) is 0 Å². The number of benzene rings is 2. The second-order valence-electron chi connectivity index (χ2n) is 4.38. The highest BCUT2D eigenvalue weighted by Gasteiger charge is 2.14. The van der Waals surface area contributed by atoms with E-state index in [-0.39, 0.29) is 26.9 Å². The van der Waals surface area contributed by atoms with Gasteiger partial charge in [-0.15, -0.1) is 0 Å². The van der Waals surface area contributed by atoms with Gasteiger partial charge in [0, 0.05) is 17.2 Å². The van der Waals surface area contributed by atoms with Crippen LogP contribution in [0.5, 0.6) is 23.0 Å². The Morgan fingerprint density at radius 3 is 2.26 bits per heavy atom. The van der Waals surface area contributed by atoms with Gasteiger partial charge in [0.05, 0.1) is 22.4 Å². The summed E-state index contributed by atoms with van der Waals surface area (Å²) in [5.41, 5.74) is 1.91. The Kier molecular flexibility index (Phi) is 4.83. The molecular weight excluding hydrogens is 347 g/mol. The van der Waals surface area contributed by atoms with Crippen molar-refractivity contribution in [2.75, 3.05) is 0 Å². The highest BCUT2D eigenvalue weighted by molar-refractivity contribution is 6.36. The molecule has 7 nitrogen and oxygen atoms in total. The van der Waals surface area contributed by atoms with Crippen molar-refractivity contribution in [2.24, 2.45) is 5.10 Å². The molecule has 0 aliphatic rings. The van der Waals surface area contributed by atoms with Crippen LogP contribution in [-0.2, 0) is 0 Å². The van der Waals surface area contributed by atoms with Crippen LogP contribution in [0.25, 0.3) is 0 Å². The Morgan fingerprint density at radius 1 is 0.957 bits per heavy atom. The zero-order valence-corrected chi connectivity index (χ0v) is 12.8. The highest BCUT2D eigenvalue weighted by atomic mass is 35.5. The smallest absolute Gasteiger partial charge is 0.275 e. The van der Waals surface area contributed by atoms with E-state index in [4.69, 9.17) is 23.2 Å². The average Bonchev–Trinajstić information content (AvgIpc) is 2.45. The molecule has 0 radical (unpaired) electrons. The van der Waals surface area contributed by atoms with Crippen LogP contribution >= 0.6 is 23.2 Å². The van der Waals surface area contributed by atoms with E-state index in [1.807, 2.05) is 0 Å². The molecule has 2 aromatic carbocycles. The number of hydrazone groups is 1. The SMILES string of the molecule is O=C(N/N=C/c1c(O)cc(Cl)cc1Cl)c1cc(O)c(O)cc1O. The molecule has 5 N–H and O–H groups in total. The molecule has 0 saturated carbocycles. The summed E-state index contributed by atoms with van der Waals surface area (Å²) in [4.78, 5) is 11.8. The lowest BCUT2D eigenvalue weighted by Crippen LogP contribution is -2.17. The Bertz CT molecular complexity index is 785. The molecule has 2 aromatic rings. The van der Waals surface area contributed by atoms with Crippen LogP contribution in [0.2, 0.25) is 10.0 Å². The van der Waals surface area contributed by atoms with Crippen molar-refractivity contribution >= 4 is 35.3 Å². The second-order valence-corrected chi connectivity index (χ2v) is 5.22. The van der Waals surface area contributed by atoms with Crippen LogP contribution < -0.4 is 5.43 Å². The minimum absolute atomic E-state index is 0.123. The lowest BCUT2D eigenvalue weighted by Gasteiger charge is -2.06. The number of amides is 1. The van der Waals surface area contributed by atoms with E-state index in [9.17, 15) is 25.2 Å². The maximum Gasteiger partial charge on any atom is 0.275 e. The van der Waals surface area contributed by atoms with Crippen molar-refractivity contribution in [1.82, 2.24) is 5.43 Å². The first-order valence-corrected chi connectivity index (χ1v) is 6.81. The molecule has 0 bridgehead atoms. The zero-order chi connectivity index (χ0) is 17.1. The number of carbonyl (C=O) groups excluding carboxylic acids is 1. The molecule has 0 aliphatic heterocycles. The van der Waals surface area contributed by atoms with E-state index < -0.39 is 23.2 Å². The molecule has 0 aromatic heterocycles. The third kappa shape index (κ3) is 3.77. The van der Waals surface area contributed by atoms with Gasteiger partial charge < -0.3 is 20.4 Å². The average molecular weight is 357 g/mol. The van der Waals surface area contributed by atoms with E-state index in [1.165, 1.54) is 12.1 Å². The van der Waals surface area contributed by atoms with Gasteiger partial charge in [0.1, 0.15) is 11.5 Å². The number of hydrogen-bond acceptors (Lipinski definition) is 6. The minimum Gasteiger partial charge on any atom is -0.507 e.